The highest BCUT2D eigenvalue weighted by atomic mass is 79.9. The fourth-order valence-electron chi connectivity index (χ4n) is 1.73. The van der Waals surface area contributed by atoms with Crippen LogP contribution < -0.4 is 10.6 Å². The first-order chi connectivity index (χ1) is 8.85. The summed E-state index contributed by atoms with van der Waals surface area (Å²) in [6.07, 6.45) is 0.491. The van der Waals surface area contributed by atoms with Crippen LogP contribution in [-0.4, -0.2) is 37.0 Å². The summed E-state index contributed by atoms with van der Waals surface area (Å²) in [4.78, 5) is 11.7. The van der Waals surface area contributed by atoms with Crippen molar-refractivity contribution in [1.82, 2.24) is 10.6 Å². The summed E-state index contributed by atoms with van der Waals surface area (Å²) < 4.78 is 28.1. The average molecular weight is 367 g/mol. The zero-order valence-corrected chi connectivity index (χ0v) is 12.9. The smallest absolute Gasteiger partial charge is 0.293 e. The fourth-order valence-corrected chi connectivity index (χ4v) is 3.97. The molecule has 1 aliphatic heterocycles. The molecular formula is C10H11BrN2O4S2. The largest absolute Gasteiger partial charge is 0.444 e. The van der Waals surface area contributed by atoms with Gasteiger partial charge in [-0.05, 0) is 46.7 Å². The molecule has 1 amide bonds. The molecule has 1 aromatic heterocycles. The molecule has 2 N–H and O–H groups in total. The van der Waals surface area contributed by atoms with Crippen LogP contribution in [-0.2, 0) is 9.84 Å². The van der Waals surface area contributed by atoms with Gasteiger partial charge in [-0.1, -0.05) is 0 Å². The Morgan fingerprint density at radius 3 is 2.74 bits per heavy atom. The van der Waals surface area contributed by atoms with Crippen molar-refractivity contribution in [3.05, 3.63) is 22.6 Å². The highest BCUT2D eigenvalue weighted by Crippen LogP contribution is 2.14. The molecule has 0 aromatic carbocycles. The second-order valence-electron chi connectivity index (χ2n) is 4.13. The van der Waals surface area contributed by atoms with Gasteiger partial charge in [-0.3, -0.25) is 10.1 Å². The fraction of sp³-hybridized carbons (Fsp3) is 0.400. The van der Waals surface area contributed by atoms with Crippen molar-refractivity contribution >= 4 is 49.0 Å². The molecule has 1 atom stereocenters. The lowest BCUT2D eigenvalue weighted by molar-refractivity contribution is 0.0948. The van der Waals surface area contributed by atoms with Crippen molar-refractivity contribution in [3.8, 4) is 0 Å². The minimum absolute atomic E-state index is 0.0370. The molecule has 0 spiro atoms. The van der Waals surface area contributed by atoms with Gasteiger partial charge in [0.05, 0.1) is 11.5 Å². The molecule has 0 bridgehead atoms. The second kappa shape index (κ2) is 5.59. The molecule has 2 rings (SSSR count). The summed E-state index contributed by atoms with van der Waals surface area (Å²) in [6.45, 7) is 0. The number of thiocarbonyl (C=S) groups is 1. The number of hydrogen-bond acceptors (Lipinski definition) is 5. The summed E-state index contributed by atoms with van der Waals surface area (Å²) >= 11 is 8.05. The molecule has 19 heavy (non-hydrogen) atoms. The predicted octanol–water partition coefficient (Wildman–Crippen LogP) is 0.834. The number of carbonyl (C=O) groups is 1. The molecule has 1 fully saturated rings. The molecule has 0 aliphatic carbocycles. The minimum atomic E-state index is -2.98. The lowest BCUT2D eigenvalue weighted by Crippen LogP contribution is -2.44. The van der Waals surface area contributed by atoms with Crippen molar-refractivity contribution in [2.45, 2.75) is 12.5 Å². The van der Waals surface area contributed by atoms with Crippen LogP contribution in [0.15, 0.2) is 21.2 Å². The second-order valence-corrected chi connectivity index (χ2v) is 7.55. The minimum Gasteiger partial charge on any atom is -0.444 e. The quantitative estimate of drug-likeness (QED) is 0.753. The molecular weight excluding hydrogens is 356 g/mol. The van der Waals surface area contributed by atoms with E-state index < -0.39 is 15.7 Å². The van der Waals surface area contributed by atoms with E-state index in [1.165, 1.54) is 6.07 Å². The molecule has 1 aromatic rings. The number of halogens is 1. The summed E-state index contributed by atoms with van der Waals surface area (Å²) in [5.41, 5.74) is 0. The molecule has 1 unspecified atom stereocenters. The van der Waals surface area contributed by atoms with Gasteiger partial charge in [0.25, 0.3) is 5.91 Å². The first kappa shape index (κ1) is 14.5. The monoisotopic (exact) mass is 366 g/mol. The number of nitrogens with one attached hydrogen (secondary N) is 2. The van der Waals surface area contributed by atoms with E-state index in [9.17, 15) is 13.2 Å². The predicted molar refractivity (Wildman–Crippen MR) is 76.7 cm³/mol. The van der Waals surface area contributed by atoms with Gasteiger partial charge >= 0.3 is 0 Å². The Morgan fingerprint density at radius 1 is 1.47 bits per heavy atom. The van der Waals surface area contributed by atoms with Gasteiger partial charge < -0.3 is 9.73 Å². The van der Waals surface area contributed by atoms with Gasteiger partial charge in [0.15, 0.2) is 25.4 Å². The average Bonchev–Trinajstić information content (AvgIpc) is 2.85. The van der Waals surface area contributed by atoms with E-state index in [0.717, 1.165) is 0 Å². The van der Waals surface area contributed by atoms with E-state index in [-0.39, 0.29) is 28.4 Å². The topological polar surface area (TPSA) is 88.4 Å². The van der Waals surface area contributed by atoms with Crippen molar-refractivity contribution in [1.29, 1.82) is 0 Å². The van der Waals surface area contributed by atoms with Crippen LogP contribution in [0.5, 0.6) is 0 Å². The lowest BCUT2D eigenvalue weighted by atomic mass is 10.3. The summed E-state index contributed by atoms with van der Waals surface area (Å²) in [5, 5.41) is 5.34. The Balaban J connectivity index is 1.87. The van der Waals surface area contributed by atoms with Crippen molar-refractivity contribution in [2.24, 2.45) is 0 Å². The van der Waals surface area contributed by atoms with Gasteiger partial charge in [-0.15, -0.1) is 0 Å². The number of rotatable bonds is 2. The first-order valence-corrected chi connectivity index (χ1v) is 8.45. The van der Waals surface area contributed by atoms with Crippen LogP contribution in [0, 0.1) is 0 Å². The van der Waals surface area contributed by atoms with Gasteiger partial charge in [-0.2, -0.15) is 0 Å². The van der Waals surface area contributed by atoms with E-state index in [1.807, 2.05) is 0 Å². The number of amides is 1. The Bertz CT molecular complexity index is 611. The number of hydrogen-bond donors (Lipinski definition) is 2. The standard InChI is InChI=1S/C10H11BrN2O4S2/c11-8-2-1-7(17-8)9(14)13-10(18)12-6-3-4-19(15,16)5-6/h1-2,6H,3-5H2,(H2,12,13,14,18). The Hall–Kier alpha value is -0.930. The van der Waals surface area contributed by atoms with Crippen LogP contribution in [0.4, 0.5) is 0 Å². The maximum atomic E-state index is 11.7. The Kier molecular flexibility index (Phi) is 4.26. The zero-order valence-electron chi connectivity index (χ0n) is 9.68. The van der Waals surface area contributed by atoms with Crippen LogP contribution >= 0.6 is 28.1 Å². The summed E-state index contributed by atoms with van der Waals surface area (Å²) in [7, 11) is -2.98. The Labute approximate surface area is 124 Å². The lowest BCUT2D eigenvalue weighted by Gasteiger charge is -2.13. The van der Waals surface area contributed by atoms with Gasteiger partial charge in [0, 0.05) is 6.04 Å². The molecule has 2 heterocycles. The van der Waals surface area contributed by atoms with Crippen molar-refractivity contribution in [3.63, 3.8) is 0 Å². The van der Waals surface area contributed by atoms with Crippen LogP contribution in [0.25, 0.3) is 0 Å². The van der Waals surface area contributed by atoms with E-state index in [2.05, 4.69) is 26.6 Å². The normalized spacial score (nSPS) is 21.0. The van der Waals surface area contributed by atoms with E-state index in [0.29, 0.717) is 11.1 Å². The van der Waals surface area contributed by atoms with Gasteiger partial charge in [0.1, 0.15) is 0 Å². The first-order valence-electron chi connectivity index (χ1n) is 5.43. The maximum absolute atomic E-state index is 11.7. The van der Waals surface area contributed by atoms with Gasteiger partial charge in [-0.25, -0.2) is 8.42 Å². The third-order valence-corrected chi connectivity index (χ3v) is 5.01. The molecule has 0 radical (unpaired) electrons. The summed E-state index contributed by atoms with van der Waals surface area (Å²) in [5.74, 6) is -0.180. The number of furan rings is 1. The van der Waals surface area contributed by atoms with Gasteiger partial charge in [0.2, 0.25) is 0 Å². The highest BCUT2D eigenvalue weighted by molar-refractivity contribution is 9.10. The molecule has 9 heteroatoms. The van der Waals surface area contributed by atoms with Crippen molar-refractivity contribution < 1.29 is 17.6 Å². The summed E-state index contributed by atoms with van der Waals surface area (Å²) in [6, 6.07) is 2.85. The molecule has 1 aliphatic rings. The molecule has 0 saturated carbocycles. The Morgan fingerprint density at radius 2 is 2.21 bits per heavy atom. The maximum Gasteiger partial charge on any atom is 0.293 e. The van der Waals surface area contributed by atoms with E-state index in [4.69, 9.17) is 16.6 Å². The van der Waals surface area contributed by atoms with Crippen LogP contribution in [0.1, 0.15) is 17.0 Å². The third-order valence-electron chi connectivity index (χ3n) is 2.59. The highest BCUT2D eigenvalue weighted by Gasteiger charge is 2.28. The van der Waals surface area contributed by atoms with Crippen molar-refractivity contribution in [2.75, 3.05) is 11.5 Å². The third kappa shape index (κ3) is 4.02. The zero-order chi connectivity index (χ0) is 14.0. The van der Waals surface area contributed by atoms with E-state index in [1.54, 1.807) is 6.07 Å². The van der Waals surface area contributed by atoms with E-state index >= 15 is 0 Å². The molecule has 104 valence electrons. The van der Waals surface area contributed by atoms with Crippen LogP contribution in [0.2, 0.25) is 0 Å². The molecule has 1 saturated heterocycles. The number of carbonyl (C=O) groups excluding carboxylic acids is 1. The number of sulfone groups is 1. The molecule has 6 nitrogen and oxygen atoms in total. The SMILES string of the molecule is O=C(NC(=S)NC1CCS(=O)(=O)C1)c1ccc(Br)o1. The van der Waals surface area contributed by atoms with Crippen LogP contribution in [0.3, 0.4) is 0 Å².